The minimum atomic E-state index is 0.521. The zero-order chi connectivity index (χ0) is 20.1. The van der Waals surface area contributed by atoms with E-state index in [1.165, 1.54) is 6.42 Å². The minimum Gasteiger partial charge on any atom is -0.378 e. The van der Waals surface area contributed by atoms with Gasteiger partial charge in [-0.15, -0.1) is 0 Å². The summed E-state index contributed by atoms with van der Waals surface area (Å²) in [7, 11) is 0. The number of nitrogens with one attached hydrogen (secondary N) is 2. The van der Waals surface area contributed by atoms with E-state index in [0.29, 0.717) is 28.8 Å². The van der Waals surface area contributed by atoms with Crippen molar-refractivity contribution < 1.29 is 4.74 Å². The fourth-order valence-electron chi connectivity index (χ4n) is 3.89. The van der Waals surface area contributed by atoms with Crippen molar-refractivity contribution in [1.82, 2.24) is 15.3 Å². The van der Waals surface area contributed by atoms with Gasteiger partial charge in [0.2, 0.25) is 5.95 Å². The Morgan fingerprint density at radius 2 is 1.75 bits per heavy atom. The number of ether oxygens (including phenoxy) is 1. The van der Waals surface area contributed by atoms with E-state index in [1.807, 2.05) is 0 Å². The lowest BCUT2D eigenvalue weighted by Gasteiger charge is -2.36. The molecule has 28 heavy (non-hydrogen) atoms. The highest BCUT2D eigenvalue weighted by Gasteiger charge is 2.25. The first kappa shape index (κ1) is 21.0. The molecule has 3 rings (SSSR count). The number of thiocarbonyl (C=S) groups is 1. The van der Waals surface area contributed by atoms with Crippen LogP contribution in [0.2, 0.25) is 0 Å². The van der Waals surface area contributed by atoms with Crippen molar-refractivity contribution >= 4 is 34.9 Å². The smallest absolute Gasteiger partial charge is 0.232 e. The van der Waals surface area contributed by atoms with Gasteiger partial charge < -0.3 is 25.2 Å². The molecule has 1 aromatic rings. The molecule has 2 aliphatic rings. The predicted molar refractivity (Wildman–Crippen MR) is 119 cm³/mol. The van der Waals surface area contributed by atoms with Gasteiger partial charge in [-0.3, -0.25) is 0 Å². The lowest BCUT2D eigenvalue weighted by molar-refractivity contribution is 0.122. The van der Waals surface area contributed by atoms with Crippen LogP contribution in [0.4, 0.5) is 17.6 Å². The van der Waals surface area contributed by atoms with Crippen molar-refractivity contribution in [3.8, 4) is 0 Å². The van der Waals surface area contributed by atoms with Crippen LogP contribution in [0.15, 0.2) is 6.07 Å². The van der Waals surface area contributed by atoms with Crippen molar-refractivity contribution in [2.75, 3.05) is 61.1 Å². The van der Waals surface area contributed by atoms with Crippen LogP contribution in [0.5, 0.6) is 0 Å². The third kappa shape index (κ3) is 5.91. The van der Waals surface area contributed by atoms with Gasteiger partial charge in [-0.1, -0.05) is 27.7 Å². The summed E-state index contributed by atoms with van der Waals surface area (Å²) in [6, 6.07) is 2.12. The number of morpholine rings is 1. The summed E-state index contributed by atoms with van der Waals surface area (Å²) in [6.45, 7) is 15.0. The average Bonchev–Trinajstić information content (AvgIpc) is 2.66. The summed E-state index contributed by atoms with van der Waals surface area (Å²) in [6.07, 6.45) is 1.27. The van der Waals surface area contributed by atoms with Gasteiger partial charge in [-0.25, -0.2) is 0 Å². The van der Waals surface area contributed by atoms with Gasteiger partial charge in [0.25, 0.3) is 0 Å². The highest BCUT2D eigenvalue weighted by Crippen LogP contribution is 2.28. The van der Waals surface area contributed by atoms with Crippen LogP contribution >= 0.6 is 12.2 Å². The van der Waals surface area contributed by atoms with E-state index in [1.54, 1.807) is 0 Å². The standard InChI is InChI=1S/C20H34N6OS/c1-14(2)11-21-20(28)24-19-22-17(25-5-7-27-8-6-25)10-18(23-19)26-12-15(3)9-16(4)13-26/h10,14-16H,5-9,11-13H2,1-4H3,(H2,21,22,23,24,28). The lowest BCUT2D eigenvalue weighted by atomic mass is 9.92. The van der Waals surface area contributed by atoms with Gasteiger partial charge >= 0.3 is 0 Å². The summed E-state index contributed by atoms with van der Waals surface area (Å²) in [4.78, 5) is 14.2. The normalized spacial score (nSPS) is 23.0. The second-order valence-corrected chi connectivity index (χ2v) is 9.00. The second-order valence-electron chi connectivity index (χ2n) is 8.59. The molecule has 2 unspecified atom stereocenters. The minimum absolute atomic E-state index is 0.521. The average molecular weight is 407 g/mol. The lowest BCUT2D eigenvalue weighted by Crippen LogP contribution is -2.40. The Morgan fingerprint density at radius 3 is 2.36 bits per heavy atom. The molecule has 2 aliphatic heterocycles. The molecule has 2 fully saturated rings. The van der Waals surface area contributed by atoms with E-state index >= 15 is 0 Å². The van der Waals surface area contributed by atoms with Gasteiger partial charge in [-0.05, 0) is 36.4 Å². The molecule has 7 nitrogen and oxygen atoms in total. The molecule has 8 heteroatoms. The highest BCUT2D eigenvalue weighted by molar-refractivity contribution is 7.80. The topological polar surface area (TPSA) is 65.6 Å². The van der Waals surface area contributed by atoms with Gasteiger partial charge in [0.05, 0.1) is 13.2 Å². The Hall–Kier alpha value is -1.67. The number of aromatic nitrogens is 2. The Kier molecular flexibility index (Phi) is 7.29. The summed E-state index contributed by atoms with van der Waals surface area (Å²) in [5, 5.41) is 7.00. The first-order valence-corrected chi connectivity index (χ1v) is 10.8. The van der Waals surface area contributed by atoms with Crippen LogP contribution < -0.4 is 20.4 Å². The molecular weight excluding hydrogens is 372 g/mol. The molecule has 0 radical (unpaired) electrons. The maximum absolute atomic E-state index is 5.50. The molecule has 1 aromatic heterocycles. The molecule has 2 atom stereocenters. The quantitative estimate of drug-likeness (QED) is 0.724. The number of piperidine rings is 1. The van der Waals surface area contributed by atoms with E-state index in [-0.39, 0.29) is 0 Å². The van der Waals surface area contributed by atoms with Crippen molar-refractivity contribution in [3.63, 3.8) is 0 Å². The summed E-state index contributed by atoms with van der Waals surface area (Å²) >= 11 is 5.44. The van der Waals surface area contributed by atoms with Crippen LogP contribution in [0, 0.1) is 17.8 Å². The fraction of sp³-hybridized carbons (Fsp3) is 0.750. The zero-order valence-corrected chi connectivity index (χ0v) is 18.4. The molecule has 0 bridgehead atoms. The highest BCUT2D eigenvalue weighted by atomic mass is 32.1. The van der Waals surface area contributed by atoms with Crippen LogP contribution in [-0.2, 0) is 4.74 Å². The second kappa shape index (κ2) is 9.69. The molecule has 3 heterocycles. The zero-order valence-electron chi connectivity index (χ0n) is 17.6. The fourth-order valence-corrected chi connectivity index (χ4v) is 4.06. The Balaban J connectivity index is 1.82. The van der Waals surface area contributed by atoms with E-state index < -0.39 is 0 Å². The predicted octanol–water partition coefficient (Wildman–Crippen LogP) is 2.74. The van der Waals surface area contributed by atoms with Crippen LogP contribution in [-0.4, -0.2) is 61.0 Å². The van der Waals surface area contributed by atoms with Crippen molar-refractivity contribution in [1.29, 1.82) is 0 Å². The van der Waals surface area contributed by atoms with Crippen molar-refractivity contribution in [2.45, 2.75) is 34.1 Å². The van der Waals surface area contributed by atoms with E-state index in [4.69, 9.17) is 26.9 Å². The van der Waals surface area contributed by atoms with Gasteiger partial charge in [0.1, 0.15) is 11.6 Å². The maximum Gasteiger partial charge on any atom is 0.232 e. The van der Waals surface area contributed by atoms with E-state index in [9.17, 15) is 0 Å². The SMILES string of the molecule is CC(C)CNC(=S)Nc1nc(N2CCOCC2)cc(N2CC(C)CC(C)C2)n1. The maximum atomic E-state index is 5.50. The van der Waals surface area contributed by atoms with E-state index in [0.717, 1.165) is 57.6 Å². The number of hydrogen-bond acceptors (Lipinski definition) is 6. The summed E-state index contributed by atoms with van der Waals surface area (Å²) in [5.74, 6) is 4.32. The molecule has 0 amide bonds. The third-order valence-corrected chi connectivity index (χ3v) is 5.37. The summed E-state index contributed by atoms with van der Waals surface area (Å²) < 4.78 is 5.50. The molecule has 0 saturated carbocycles. The van der Waals surface area contributed by atoms with Gasteiger partial charge in [-0.2, -0.15) is 9.97 Å². The van der Waals surface area contributed by atoms with Crippen LogP contribution in [0.25, 0.3) is 0 Å². The molecule has 0 aromatic carbocycles. The van der Waals surface area contributed by atoms with Crippen LogP contribution in [0.3, 0.4) is 0 Å². The molecule has 0 aliphatic carbocycles. The summed E-state index contributed by atoms with van der Waals surface area (Å²) in [5.41, 5.74) is 0. The molecule has 2 saturated heterocycles. The van der Waals surface area contributed by atoms with E-state index in [2.05, 4.69) is 54.2 Å². The third-order valence-electron chi connectivity index (χ3n) is 5.12. The molecule has 0 spiro atoms. The molecular formula is C20H34N6OS. The van der Waals surface area contributed by atoms with Gasteiger partial charge in [0.15, 0.2) is 5.11 Å². The monoisotopic (exact) mass is 406 g/mol. The molecule has 156 valence electrons. The first-order valence-electron chi connectivity index (χ1n) is 10.4. The Labute approximate surface area is 174 Å². The van der Waals surface area contributed by atoms with Crippen LogP contribution in [0.1, 0.15) is 34.1 Å². The molecule has 2 N–H and O–H groups in total. The Morgan fingerprint density at radius 1 is 1.14 bits per heavy atom. The van der Waals surface area contributed by atoms with Crippen molar-refractivity contribution in [3.05, 3.63) is 6.07 Å². The van der Waals surface area contributed by atoms with Crippen molar-refractivity contribution in [2.24, 2.45) is 17.8 Å². The number of nitrogens with zero attached hydrogens (tertiary/aromatic N) is 4. The Bertz CT molecular complexity index is 654. The number of anilines is 3. The number of rotatable bonds is 5. The largest absolute Gasteiger partial charge is 0.378 e. The van der Waals surface area contributed by atoms with Gasteiger partial charge in [0, 0.05) is 38.8 Å². The first-order chi connectivity index (χ1) is 13.4. The number of hydrogen-bond donors (Lipinski definition) is 2.